The summed E-state index contributed by atoms with van der Waals surface area (Å²) < 4.78 is 0. The fourth-order valence-corrected chi connectivity index (χ4v) is 2.45. The highest BCUT2D eigenvalue weighted by Gasteiger charge is 2.21. The van der Waals surface area contributed by atoms with E-state index in [1.165, 1.54) is 11.0 Å². The van der Waals surface area contributed by atoms with Gasteiger partial charge in [-0.1, -0.05) is 54.1 Å². The number of carbonyl (C=O) groups excluding carboxylic acids is 2. The standard InChI is InChI=1S/C20H21ClN2O2/c1-23(2)20(25)18(14-16-6-4-3-5-7-16)22-19(24)13-10-15-8-11-17(21)12-9-15/h3-13,18H,14H2,1-2H3,(H,22,24). The van der Waals surface area contributed by atoms with Crippen molar-refractivity contribution in [2.24, 2.45) is 0 Å². The second-order valence-corrected chi connectivity index (χ2v) is 6.30. The summed E-state index contributed by atoms with van der Waals surface area (Å²) in [6, 6.07) is 16.2. The number of halogens is 1. The number of nitrogens with zero attached hydrogens (tertiary/aromatic N) is 1. The fraction of sp³-hybridized carbons (Fsp3) is 0.200. The van der Waals surface area contributed by atoms with E-state index in [0.717, 1.165) is 11.1 Å². The summed E-state index contributed by atoms with van der Waals surface area (Å²) in [6.07, 6.45) is 3.55. The van der Waals surface area contributed by atoms with Crippen molar-refractivity contribution in [3.63, 3.8) is 0 Å². The number of nitrogens with one attached hydrogen (secondary N) is 1. The van der Waals surface area contributed by atoms with E-state index in [-0.39, 0.29) is 11.8 Å². The number of amides is 2. The van der Waals surface area contributed by atoms with Gasteiger partial charge in [-0.2, -0.15) is 0 Å². The Morgan fingerprint density at radius 3 is 2.32 bits per heavy atom. The van der Waals surface area contributed by atoms with Crippen LogP contribution < -0.4 is 5.32 Å². The molecule has 0 aliphatic rings. The highest BCUT2D eigenvalue weighted by atomic mass is 35.5. The van der Waals surface area contributed by atoms with Crippen molar-refractivity contribution in [2.45, 2.75) is 12.5 Å². The van der Waals surface area contributed by atoms with Crippen molar-refractivity contribution in [3.05, 3.63) is 76.8 Å². The summed E-state index contributed by atoms with van der Waals surface area (Å²) in [6.45, 7) is 0. The Morgan fingerprint density at radius 1 is 1.08 bits per heavy atom. The van der Waals surface area contributed by atoms with E-state index in [0.29, 0.717) is 11.4 Å². The summed E-state index contributed by atoms with van der Waals surface area (Å²) in [5.74, 6) is -0.455. The van der Waals surface area contributed by atoms with Crippen LogP contribution in [-0.4, -0.2) is 36.9 Å². The van der Waals surface area contributed by atoms with Crippen LogP contribution in [0.2, 0.25) is 5.02 Å². The Balaban J connectivity index is 2.05. The molecule has 25 heavy (non-hydrogen) atoms. The SMILES string of the molecule is CN(C)C(=O)C(Cc1ccccc1)NC(=O)C=Cc1ccc(Cl)cc1. The minimum absolute atomic E-state index is 0.142. The van der Waals surface area contributed by atoms with Gasteiger partial charge in [-0.15, -0.1) is 0 Å². The molecular formula is C20H21ClN2O2. The van der Waals surface area contributed by atoms with Crippen molar-refractivity contribution < 1.29 is 9.59 Å². The normalized spacial score (nSPS) is 12.0. The van der Waals surface area contributed by atoms with Crippen LogP contribution in [0.4, 0.5) is 0 Å². The molecule has 130 valence electrons. The zero-order valence-corrected chi connectivity index (χ0v) is 15.0. The lowest BCUT2D eigenvalue weighted by atomic mass is 10.0. The fourth-order valence-electron chi connectivity index (χ4n) is 2.33. The predicted molar refractivity (Wildman–Crippen MR) is 101 cm³/mol. The van der Waals surface area contributed by atoms with Crippen LogP contribution in [-0.2, 0) is 16.0 Å². The van der Waals surface area contributed by atoms with Gasteiger partial charge in [0.15, 0.2) is 0 Å². The molecule has 0 aromatic heterocycles. The molecule has 4 nitrogen and oxygen atoms in total. The van der Waals surface area contributed by atoms with Crippen LogP contribution in [0.5, 0.6) is 0 Å². The van der Waals surface area contributed by atoms with Crippen molar-refractivity contribution in [2.75, 3.05) is 14.1 Å². The first-order chi connectivity index (χ1) is 12.0. The minimum atomic E-state index is -0.611. The van der Waals surface area contributed by atoms with Crippen LogP contribution in [0.1, 0.15) is 11.1 Å². The lowest BCUT2D eigenvalue weighted by molar-refractivity contribution is -0.133. The van der Waals surface area contributed by atoms with E-state index in [9.17, 15) is 9.59 Å². The maximum atomic E-state index is 12.4. The Labute approximate surface area is 153 Å². The first-order valence-electron chi connectivity index (χ1n) is 7.95. The molecule has 0 radical (unpaired) electrons. The van der Waals surface area contributed by atoms with Crippen LogP contribution in [0, 0.1) is 0 Å². The average Bonchev–Trinajstić information content (AvgIpc) is 2.61. The van der Waals surface area contributed by atoms with Crippen molar-refractivity contribution in [3.8, 4) is 0 Å². The van der Waals surface area contributed by atoms with Gasteiger partial charge in [0.1, 0.15) is 6.04 Å². The number of carbonyl (C=O) groups is 2. The molecule has 1 unspecified atom stereocenters. The van der Waals surface area contributed by atoms with Gasteiger partial charge >= 0.3 is 0 Å². The van der Waals surface area contributed by atoms with Gasteiger partial charge in [0, 0.05) is 31.6 Å². The van der Waals surface area contributed by atoms with E-state index in [1.807, 2.05) is 42.5 Å². The smallest absolute Gasteiger partial charge is 0.244 e. The van der Waals surface area contributed by atoms with Gasteiger partial charge < -0.3 is 10.2 Å². The lowest BCUT2D eigenvalue weighted by Crippen LogP contribution is -2.47. The lowest BCUT2D eigenvalue weighted by Gasteiger charge is -2.21. The summed E-state index contributed by atoms with van der Waals surface area (Å²) in [5.41, 5.74) is 1.85. The minimum Gasteiger partial charge on any atom is -0.347 e. The molecule has 0 fully saturated rings. The number of hydrogen-bond acceptors (Lipinski definition) is 2. The summed E-state index contributed by atoms with van der Waals surface area (Å²) in [4.78, 5) is 26.1. The molecule has 0 saturated carbocycles. The molecule has 2 aromatic rings. The summed E-state index contributed by atoms with van der Waals surface area (Å²) >= 11 is 5.84. The highest BCUT2D eigenvalue weighted by molar-refractivity contribution is 6.30. The van der Waals surface area contributed by atoms with Gasteiger partial charge in [-0.25, -0.2) is 0 Å². The summed E-state index contributed by atoms with van der Waals surface area (Å²) in [7, 11) is 3.35. The molecule has 0 aliphatic carbocycles. The Bertz CT molecular complexity index is 740. The molecule has 0 heterocycles. The molecule has 1 N–H and O–H groups in total. The number of hydrogen-bond donors (Lipinski definition) is 1. The Kier molecular flexibility index (Phi) is 6.78. The maximum Gasteiger partial charge on any atom is 0.244 e. The van der Waals surface area contributed by atoms with Gasteiger partial charge in [-0.05, 0) is 29.3 Å². The second-order valence-electron chi connectivity index (χ2n) is 5.87. The molecule has 0 aliphatic heterocycles. The second kappa shape index (κ2) is 9.04. The third-order valence-corrected chi connectivity index (χ3v) is 3.89. The van der Waals surface area contributed by atoms with Gasteiger partial charge in [0.25, 0.3) is 0 Å². The Hall–Kier alpha value is -2.59. The third kappa shape index (κ3) is 6.08. The molecule has 0 bridgehead atoms. The first kappa shape index (κ1) is 18.7. The van der Waals surface area contributed by atoms with Gasteiger partial charge in [-0.3, -0.25) is 9.59 Å². The molecule has 0 spiro atoms. The quantitative estimate of drug-likeness (QED) is 0.808. The van der Waals surface area contributed by atoms with Crippen LogP contribution >= 0.6 is 11.6 Å². The van der Waals surface area contributed by atoms with E-state index in [2.05, 4.69) is 5.32 Å². The van der Waals surface area contributed by atoms with Crippen molar-refractivity contribution in [1.29, 1.82) is 0 Å². The molecule has 2 amide bonds. The predicted octanol–water partition coefficient (Wildman–Crippen LogP) is 3.17. The largest absolute Gasteiger partial charge is 0.347 e. The van der Waals surface area contributed by atoms with Crippen molar-refractivity contribution in [1.82, 2.24) is 10.2 Å². The Morgan fingerprint density at radius 2 is 1.72 bits per heavy atom. The third-order valence-electron chi connectivity index (χ3n) is 3.64. The first-order valence-corrected chi connectivity index (χ1v) is 8.33. The molecule has 1 atom stereocenters. The van der Waals surface area contributed by atoms with Crippen molar-refractivity contribution >= 4 is 29.5 Å². The maximum absolute atomic E-state index is 12.4. The number of likely N-dealkylation sites (N-methyl/N-ethyl adjacent to an activating group) is 1. The average molecular weight is 357 g/mol. The zero-order chi connectivity index (χ0) is 18.2. The van der Waals surface area contributed by atoms with E-state index in [1.54, 1.807) is 32.3 Å². The molecule has 0 saturated heterocycles. The van der Waals surface area contributed by atoms with Gasteiger partial charge in [0.2, 0.25) is 11.8 Å². The topological polar surface area (TPSA) is 49.4 Å². The number of benzene rings is 2. The van der Waals surface area contributed by atoms with Gasteiger partial charge in [0.05, 0.1) is 0 Å². The van der Waals surface area contributed by atoms with E-state index >= 15 is 0 Å². The summed E-state index contributed by atoms with van der Waals surface area (Å²) in [5, 5.41) is 3.43. The molecule has 5 heteroatoms. The van der Waals surface area contributed by atoms with E-state index in [4.69, 9.17) is 11.6 Å². The highest BCUT2D eigenvalue weighted by Crippen LogP contribution is 2.10. The zero-order valence-electron chi connectivity index (χ0n) is 14.3. The molecular weight excluding hydrogens is 336 g/mol. The van der Waals surface area contributed by atoms with Crippen LogP contribution in [0.3, 0.4) is 0 Å². The number of rotatable bonds is 6. The molecule has 2 rings (SSSR count). The van der Waals surface area contributed by atoms with E-state index < -0.39 is 6.04 Å². The molecule has 2 aromatic carbocycles. The van der Waals surface area contributed by atoms with Crippen LogP contribution in [0.25, 0.3) is 6.08 Å². The monoisotopic (exact) mass is 356 g/mol. The van der Waals surface area contributed by atoms with Crippen LogP contribution in [0.15, 0.2) is 60.7 Å².